The molecule has 0 bridgehead atoms. The summed E-state index contributed by atoms with van der Waals surface area (Å²) >= 11 is 0. The number of hydrogen-bond donors (Lipinski definition) is 5. The van der Waals surface area contributed by atoms with Crippen molar-refractivity contribution >= 4 is 5.91 Å². The molecular weight excluding hydrogens is 875 g/mol. The van der Waals surface area contributed by atoms with Gasteiger partial charge in [-0.1, -0.05) is 314 Å². The lowest BCUT2D eigenvalue weighted by Crippen LogP contribution is -2.53. The van der Waals surface area contributed by atoms with Crippen LogP contribution in [0.25, 0.3) is 0 Å². The molecule has 0 aromatic heterocycles. The molecule has 1 amide bonds. The van der Waals surface area contributed by atoms with E-state index >= 15 is 0 Å². The number of hydrogen-bond acceptors (Lipinski definition) is 5. The molecule has 0 aromatic carbocycles. The fraction of sp³-hybridized carbons (Fsp3) is 0.892. The molecule has 4 unspecified atom stereocenters. The maximum atomic E-state index is 12.6. The summed E-state index contributed by atoms with van der Waals surface area (Å²) in [5.41, 5.74) is 0. The highest BCUT2D eigenvalue weighted by atomic mass is 16.3. The van der Waals surface area contributed by atoms with E-state index in [2.05, 4.69) is 55.6 Å². The van der Waals surface area contributed by atoms with Gasteiger partial charge in [0, 0.05) is 0 Å². The van der Waals surface area contributed by atoms with Gasteiger partial charge < -0.3 is 25.7 Å². The van der Waals surface area contributed by atoms with Gasteiger partial charge in [-0.2, -0.15) is 0 Å². The van der Waals surface area contributed by atoms with Crippen LogP contribution in [0.4, 0.5) is 0 Å². The number of carbonyl (C=O) groups is 1. The summed E-state index contributed by atoms with van der Waals surface area (Å²) in [6.45, 7) is 4.05. The van der Waals surface area contributed by atoms with E-state index in [9.17, 15) is 25.2 Å². The van der Waals surface area contributed by atoms with Crippen molar-refractivity contribution in [1.29, 1.82) is 0 Å². The molecule has 0 aliphatic rings. The Hall–Kier alpha value is -1.47. The third-order valence-electron chi connectivity index (χ3n) is 15.1. The Bertz CT molecular complexity index is 1120. The highest BCUT2D eigenvalue weighted by Crippen LogP contribution is 2.19. The van der Waals surface area contributed by atoms with Crippen molar-refractivity contribution < 1.29 is 25.2 Å². The highest BCUT2D eigenvalue weighted by molar-refractivity contribution is 5.80. The summed E-state index contributed by atoms with van der Waals surface area (Å²) < 4.78 is 0. The third kappa shape index (κ3) is 53.2. The number of allylic oxidation sites excluding steroid dienone is 6. The van der Waals surface area contributed by atoms with Gasteiger partial charge in [-0.3, -0.25) is 4.79 Å². The second-order valence-corrected chi connectivity index (χ2v) is 22.1. The topological polar surface area (TPSA) is 110 Å². The average Bonchev–Trinajstić information content (AvgIpc) is 3.38. The summed E-state index contributed by atoms with van der Waals surface area (Å²) in [4.78, 5) is 12.6. The van der Waals surface area contributed by atoms with Crippen LogP contribution in [0.15, 0.2) is 36.5 Å². The molecule has 4 atom stereocenters. The summed E-state index contributed by atoms with van der Waals surface area (Å²) in [7, 11) is 0. The molecule has 71 heavy (non-hydrogen) atoms. The van der Waals surface area contributed by atoms with Crippen molar-refractivity contribution in [1.82, 2.24) is 5.32 Å². The maximum absolute atomic E-state index is 12.6. The molecule has 0 saturated heterocycles. The van der Waals surface area contributed by atoms with E-state index in [1.165, 1.54) is 257 Å². The van der Waals surface area contributed by atoms with Gasteiger partial charge in [0.25, 0.3) is 0 Å². The molecule has 0 heterocycles. The Morgan fingerprint density at radius 2 is 0.592 bits per heavy atom. The molecule has 420 valence electrons. The van der Waals surface area contributed by atoms with Gasteiger partial charge in [0.1, 0.15) is 12.2 Å². The largest absolute Gasteiger partial charge is 0.394 e. The molecular formula is C65H125NO5. The zero-order valence-corrected chi connectivity index (χ0v) is 47.7. The van der Waals surface area contributed by atoms with Gasteiger partial charge >= 0.3 is 0 Å². The third-order valence-corrected chi connectivity index (χ3v) is 15.1. The van der Waals surface area contributed by atoms with Crippen LogP contribution in [0.1, 0.15) is 341 Å². The lowest BCUT2D eigenvalue weighted by atomic mass is 10.00. The van der Waals surface area contributed by atoms with Crippen LogP contribution in [-0.4, -0.2) is 57.3 Å². The molecule has 0 fully saturated rings. The quantitative estimate of drug-likeness (QED) is 0.0308. The first-order valence-electron chi connectivity index (χ1n) is 31.9. The van der Waals surface area contributed by atoms with Crippen LogP contribution >= 0.6 is 0 Å². The van der Waals surface area contributed by atoms with E-state index in [4.69, 9.17) is 0 Å². The van der Waals surface area contributed by atoms with Crippen molar-refractivity contribution in [3.63, 3.8) is 0 Å². The molecule has 0 spiro atoms. The first kappa shape index (κ1) is 69.5. The van der Waals surface area contributed by atoms with Crippen molar-refractivity contribution in [3.8, 4) is 0 Å². The number of amides is 1. The van der Waals surface area contributed by atoms with Crippen LogP contribution in [0, 0.1) is 0 Å². The Kier molecular flexibility index (Phi) is 58.2. The van der Waals surface area contributed by atoms with Crippen LogP contribution in [0.3, 0.4) is 0 Å². The standard InChI is InChI=1S/C65H125NO5/c1-3-5-7-9-11-13-15-17-19-21-22-23-24-25-26-27-28-29-30-31-32-33-34-35-36-37-38-39-40-41-43-45-47-49-51-53-55-57-59-63(69)65(71)66-61(60-67)64(70)62(68)58-56-54-52-50-48-46-44-42-20-18-16-14-12-10-8-6-4-2/h14,16,42,44,50,52,61-64,67-70H,3-13,15,17-41,43,45-49,51,53-60H2,1-2H3,(H,66,71)/b16-14+,44-42+,52-50+. The second-order valence-electron chi connectivity index (χ2n) is 22.1. The SMILES string of the molecule is CCCCCC/C=C/CC/C=C/CC/C=C/CCCC(O)C(O)C(CO)NC(=O)C(O)CCCCCCCCCCCCCCCCCCCCCCCCCCCCCCCCCCCCCCCC. The molecule has 0 aliphatic carbocycles. The minimum Gasteiger partial charge on any atom is -0.394 e. The number of aliphatic hydroxyl groups excluding tert-OH is 4. The molecule has 0 saturated carbocycles. The summed E-state index contributed by atoms with van der Waals surface area (Å²) in [6, 6.07) is -1.01. The van der Waals surface area contributed by atoms with E-state index in [1.54, 1.807) is 0 Å². The molecule has 0 radical (unpaired) electrons. The van der Waals surface area contributed by atoms with Crippen LogP contribution in [0.5, 0.6) is 0 Å². The van der Waals surface area contributed by atoms with Crippen LogP contribution in [-0.2, 0) is 4.79 Å². The predicted octanol–water partition coefficient (Wildman–Crippen LogP) is 19.1. The lowest BCUT2D eigenvalue weighted by molar-refractivity contribution is -0.132. The van der Waals surface area contributed by atoms with Gasteiger partial charge in [0.15, 0.2) is 0 Å². The van der Waals surface area contributed by atoms with Gasteiger partial charge in [0.05, 0.1) is 18.8 Å². The first-order chi connectivity index (χ1) is 35.0. The molecule has 0 rings (SSSR count). The number of aliphatic hydroxyl groups is 4. The molecule has 5 N–H and O–H groups in total. The van der Waals surface area contributed by atoms with Crippen molar-refractivity contribution in [2.24, 2.45) is 0 Å². The summed E-state index contributed by atoms with van der Waals surface area (Å²) in [6.07, 6.45) is 75.5. The van der Waals surface area contributed by atoms with E-state index in [0.717, 1.165) is 51.4 Å². The lowest BCUT2D eigenvalue weighted by Gasteiger charge is -2.27. The van der Waals surface area contributed by atoms with Gasteiger partial charge in [-0.25, -0.2) is 0 Å². The highest BCUT2D eigenvalue weighted by Gasteiger charge is 2.28. The number of unbranched alkanes of at least 4 members (excludes halogenated alkanes) is 44. The van der Waals surface area contributed by atoms with Crippen LogP contribution in [0.2, 0.25) is 0 Å². The number of carbonyl (C=O) groups excluding carboxylic acids is 1. The van der Waals surface area contributed by atoms with Crippen molar-refractivity contribution in [2.75, 3.05) is 6.61 Å². The second kappa shape index (κ2) is 59.4. The molecule has 6 heteroatoms. The van der Waals surface area contributed by atoms with Gasteiger partial charge in [0.2, 0.25) is 5.91 Å². The monoisotopic (exact) mass is 1000 g/mol. The van der Waals surface area contributed by atoms with Crippen molar-refractivity contribution in [3.05, 3.63) is 36.5 Å². The minimum atomic E-state index is -1.29. The maximum Gasteiger partial charge on any atom is 0.249 e. The fourth-order valence-corrected chi connectivity index (χ4v) is 10.1. The number of nitrogens with one attached hydrogen (secondary N) is 1. The molecule has 6 nitrogen and oxygen atoms in total. The fourth-order valence-electron chi connectivity index (χ4n) is 10.1. The first-order valence-corrected chi connectivity index (χ1v) is 31.9. The van der Waals surface area contributed by atoms with E-state index in [0.29, 0.717) is 19.3 Å². The Labute approximate surface area is 443 Å². The minimum absolute atomic E-state index is 0.362. The zero-order valence-electron chi connectivity index (χ0n) is 47.7. The number of rotatable bonds is 59. The molecule has 0 aromatic rings. The predicted molar refractivity (Wildman–Crippen MR) is 311 cm³/mol. The van der Waals surface area contributed by atoms with E-state index in [-0.39, 0.29) is 0 Å². The summed E-state index contributed by atoms with van der Waals surface area (Å²) in [5, 5.41) is 44.0. The van der Waals surface area contributed by atoms with E-state index < -0.39 is 36.9 Å². The van der Waals surface area contributed by atoms with Crippen molar-refractivity contribution in [2.45, 2.75) is 366 Å². The molecule has 0 aliphatic heterocycles. The Balaban J connectivity index is 3.52. The summed E-state index contributed by atoms with van der Waals surface area (Å²) in [5.74, 6) is -0.594. The van der Waals surface area contributed by atoms with Gasteiger partial charge in [-0.05, 0) is 64.2 Å². The zero-order chi connectivity index (χ0) is 51.6. The average molecular weight is 1000 g/mol. The normalized spacial score (nSPS) is 13.8. The van der Waals surface area contributed by atoms with Crippen LogP contribution < -0.4 is 5.32 Å². The van der Waals surface area contributed by atoms with E-state index in [1.807, 2.05) is 0 Å². The van der Waals surface area contributed by atoms with Gasteiger partial charge in [-0.15, -0.1) is 0 Å². The Morgan fingerprint density at radius 3 is 0.887 bits per heavy atom. The Morgan fingerprint density at radius 1 is 0.338 bits per heavy atom. The smallest absolute Gasteiger partial charge is 0.249 e.